The standard InChI is InChI=1S/C22H28N2O3S/c1-16(2)24-28(26,27)20-14-12-19(13-15-20)22(25)23-21(18-10-6-7-11-18)17-8-4-3-5-9-17/h3-5,8-9,12-16,18,21,24H,6-7,10-11H2,1-2H3,(H,23,25). The van der Waals surface area contributed by atoms with Gasteiger partial charge in [0.15, 0.2) is 0 Å². The topological polar surface area (TPSA) is 75.3 Å². The van der Waals surface area contributed by atoms with Gasteiger partial charge in [-0.05, 0) is 62.4 Å². The SMILES string of the molecule is CC(C)NS(=O)(=O)c1ccc(C(=O)NC(c2ccccc2)C2CCCC2)cc1. The number of carbonyl (C=O) groups excluding carboxylic acids is 1. The molecular weight excluding hydrogens is 372 g/mol. The quantitative estimate of drug-likeness (QED) is 0.737. The molecule has 0 heterocycles. The molecule has 0 aliphatic heterocycles. The van der Waals surface area contributed by atoms with E-state index in [2.05, 4.69) is 22.2 Å². The zero-order valence-electron chi connectivity index (χ0n) is 16.4. The molecule has 0 spiro atoms. The molecule has 1 saturated carbocycles. The number of amides is 1. The average Bonchev–Trinajstić information content (AvgIpc) is 3.20. The number of hydrogen-bond donors (Lipinski definition) is 2. The normalized spacial score (nSPS) is 16.2. The van der Waals surface area contributed by atoms with Gasteiger partial charge in [-0.3, -0.25) is 4.79 Å². The molecule has 1 unspecified atom stereocenters. The summed E-state index contributed by atoms with van der Waals surface area (Å²) in [4.78, 5) is 13.0. The molecule has 2 aromatic carbocycles. The van der Waals surface area contributed by atoms with E-state index in [0.29, 0.717) is 11.5 Å². The Bertz CT molecular complexity index is 887. The highest BCUT2D eigenvalue weighted by Gasteiger charge is 2.28. The van der Waals surface area contributed by atoms with Crippen molar-refractivity contribution in [3.8, 4) is 0 Å². The first kappa shape index (κ1) is 20.6. The average molecular weight is 401 g/mol. The zero-order chi connectivity index (χ0) is 20.1. The Kier molecular flexibility index (Phi) is 6.52. The van der Waals surface area contributed by atoms with Crippen molar-refractivity contribution in [1.82, 2.24) is 10.0 Å². The Morgan fingerprint density at radius 2 is 1.57 bits per heavy atom. The van der Waals surface area contributed by atoms with Gasteiger partial charge in [-0.2, -0.15) is 0 Å². The highest BCUT2D eigenvalue weighted by atomic mass is 32.2. The van der Waals surface area contributed by atoms with Crippen molar-refractivity contribution in [3.05, 3.63) is 65.7 Å². The number of hydrogen-bond acceptors (Lipinski definition) is 3. The molecule has 0 saturated heterocycles. The fourth-order valence-electron chi connectivity index (χ4n) is 3.81. The fraction of sp³-hybridized carbons (Fsp3) is 0.409. The van der Waals surface area contributed by atoms with Gasteiger partial charge in [0.2, 0.25) is 10.0 Å². The third-order valence-electron chi connectivity index (χ3n) is 5.13. The molecule has 6 heteroatoms. The van der Waals surface area contributed by atoms with Crippen LogP contribution in [-0.2, 0) is 10.0 Å². The van der Waals surface area contributed by atoms with Crippen LogP contribution in [0.15, 0.2) is 59.5 Å². The van der Waals surface area contributed by atoms with E-state index < -0.39 is 10.0 Å². The van der Waals surface area contributed by atoms with Gasteiger partial charge in [-0.1, -0.05) is 43.2 Å². The smallest absolute Gasteiger partial charge is 0.251 e. The molecule has 1 amide bonds. The fourth-order valence-corrected chi connectivity index (χ4v) is 5.06. The Labute approximate surface area is 167 Å². The maximum Gasteiger partial charge on any atom is 0.251 e. The van der Waals surface area contributed by atoms with Gasteiger partial charge in [0.05, 0.1) is 10.9 Å². The van der Waals surface area contributed by atoms with Crippen LogP contribution in [0.4, 0.5) is 0 Å². The molecule has 5 nitrogen and oxygen atoms in total. The van der Waals surface area contributed by atoms with Crippen molar-refractivity contribution in [2.45, 2.75) is 56.5 Å². The van der Waals surface area contributed by atoms with Gasteiger partial charge in [0.1, 0.15) is 0 Å². The van der Waals surface area contributed by atoms with Crippen LogP contribution in [0.3, 0.4) is 0 Å². The summed E-state index contributed by atoms with van der Waals surface area (Å²) in [5.41, 5.74) is 1.57. The van der Waals surface area contributed by atoms with Crippen LogP contribution < -0.4 is 10.0 Å². The third kappa shape index (κ3) is 5.00. The molecule has 1 atom stereocenters. The maximum absolute atomic E-state index is 12.8. The van der Waals surface area contributed by atoms with Gasteiger partial charge in [0.25, 0.3) is 5.91 Å². The van der Waals surface area contributed by atoms with E-state index in [9.17, 15) is 13.2 Å². The van der Waals surface area contributed by atoms with E-state index in [1.807, 2.05) is 18.2 Å². The van der Waals surface area contributed by atoms with Crippen LogP contribution in [0.1, 0.15) is 61.5 Å². The molecular formula is C22H28N2O3S. The predicted molar refractivity (Wildman–Crippen MR) is 111 cm³/mol. The van der Waals surface area contributed by atoms with Crippen molar-refractivity contribution in [1.29, 1.82) is 0 Å². The molecule has 2 N–H and O–H groups in total. The summed E-state index contributed by atoms with van der Waals surface area (Å²) in [7, 11) is -3.56. The van der Waals surface area contributed by atoms with Gasteiger partial charge >= 0.3 is 0 Å². The third-order valence-corrected chi connectivity index (χ3v) is 6.81. The summed E-state index contributed by atoms with van der Waals surface area (Å²) in [5.74, 6) is 0.253. The lowest BCUT2D eigenvalue weighted by molar-refractivity contribution is 0.0921. The predicted octanol–water partition coefficient (Wildman–Crippen LogP) is 4.03. The summed E-state index contributed by atoms with van der Waals surface area (Å²) in [6.45, 7) is 3.54. The molecule has 1 aliphatic rings. The van der Waals surface area contributed by atoms with E-state index in [4.69, 9.17) is 0 Å². The van der Waals surface area contributed by atoms with Crippen LogP contribution in [0.25, 0.3) is 0 Å². The molecule has 1 aliphatic carbocycles. The van der Waals surface area contributed by atoms with E-state index in [1.54, 1.807) is 26.0 Å². The van der Waals surface area contributed by atoms with E-state index in [0.717, 1.165) is 18.4 Å². The summed E-state index contributed by atoms with van der Waals surface area (Å²) in [6.07, 6.45) is 4.61. The second-order valence-corrected chi connectivity index (χ2v) is 9.42. The highest BCUT2D eigenvalue weighted by Crippen LogP contribution is 2.35. The minimum absolute atomic E-state index is 0.0257. The first-order chi connectivity index (χ1) is 13.4. The monoisotopic (exact) mass is 400 g/mol. The van der Waals surface area contributed by atoms with Gasteiger partial charge in [-0.15, -0.1) is 0 Å². The summed E-state index contributed by atoms with van der Waals surface area (Å²) in [6, 6.07) is 15.9. The number of nitrogens with one attached hydrogen (secondary N) is 2. The lowest BCUT2D eigenvalue weighted by Crippen LogP contribution is -2.33. The lowest BCUT2D eigenvalue weighted by Gasteiger charge is -2.25. The second-order valence-electron chi connectivity index (χ2n) is 7.71. The summed E-state index contributed by atoms with van der Waals surface area (Å²) in [5, 5.41) is 3.18. The van der Waals surface area contributed by atoms with Gasteiger partial charge in [0, 0.05) is 11.6 Å². The van der Waals surface area contributed by atoms with Crippen LogP contribution in [0.2, 0.25) is 0 Å². The Morgan fingerprint density at radius 1 is 0.964 bits per heavy atom. The Hall–Kier alpha value is -2.18. The molecule has 0 bridgehead atoms. The lowest BCUT2D eigenvalue weighted by atomic mass is 9.91. The highest BCUT2D eigenvalue weighted by molar-refractivity contribution is 7.89. The largest absolute Gasteiger partial charge is 0.345 e. The Balaban J connectivity index is 1.77. The molecule has 2 aromatic rings. The minimum atomic E-state index is -3.56. The van der Waals surface area contributed by atoms with Crippen LogP contribution in [-0.4, -0.2) is 20.4 Å². The number of carbonyl (C=O) groups is 1. The first-order valence-corrected chi connectivity index (χ1v) is 11.3. The van der Waals surface area contributed by atoms with E-state index >= 15 is 0 Å². The van der Waals surface area contributed by atoms with Crippen molar-refractivity contribution in [3.63, 3.8) is 0 Å². The van der Waals surface area contributed by atoms with Gasteiger partial charge in [-0.25, -0.2) is 13.1 Å². The maximum atomic E-state index is 12.8. The number of rotatable bonds is 7. The van der Waals surface area contributed by atoms with Crippen LogP contribution >= 0.6 is 0 Å². The van der Waals surface area contributed by atoms with Crippen molar-refractivity contribution < 1.29 is 13.2 Å². The number of sulfonamides is 1. The minimum Gasteiger partial charge on any atom is -0.345 e. The summed E-state index contributed by atoms with van der Waals surface area (Å²) >= 11 is 0. The molecule has 1 fully saturated rings. The number of benzene rings is 2. The second kappa shape index (κ2) is 8.88. The molecule has 0 radical (unpaired) electrons. The molecule has 3 rings (SSSR count). The van der Waals surface area contributed by atoms with Crippen molar-refractivity contribution in [2.24, 2.45) is 5.92 Å². The van der Waals surface area contributed by atoms with E-state index in [-0.39, 0.29) is 22.9 Å². The Morgan fingerprint density at radius 3 is 2.14 bits per heavy atom. The molecule has 0 aromatic heterocycles. The molecule has 150 valence electrons. The zero-order valence-corrected chi connectivity index (χ0v) is 17.2. The molecule has 28 heavy (non-hydrogen) atoms. The van der Waals surface area contributed by atoms with Crippen molar-refractivity contribution in [2.75, 3.05) is 0 Å². The van der Waals surface area contributed by atoms with Crippen LogP contribution in [0, 0.1) is 5.92 Å². The first-order valence-electron chi connectivity index (χ1n) is 9.85. The summed E-state index contributed by atoms with van der Waals surface area (Å²) < 4.78 is 27.0. The van der Waals surface area contributed by atoms with E-state index in [1.165, 1.54) is 25.0 Å². The van der Waals surface area contributed by atoms with Gasteiger partial charge < -0.3 is 5.32 Å². The van der Waals surface area contributed by atoms with Crippen molar-refractivity contribution >= 4 is 15.9 Å². The van der Waals surface area contributed by atoms with Crippen LogP contribution in [0.5, 0.6) is 0 Å².